The van der Waals surface area contributed by atoms with E-state index in [2.05, 4.69) is 31.1 Å². The number of nitrogens with zero attached hydrogens (tertiary/aromatic N) is 1. The average Bonchev–Trinajstić information content (AvgIpc) is 2.00. The maximum atomic E-state index is 12.7. The van der Waals surface area contributed by atoms with Gasteiger partial charge in [-0.15, -0.1) is 0 Å². The number of hydrogen-bond acceptors (Lipinski definition) is 3. The fourth-order valence-corrected chi connectivity index (χ4v) is 0.952. The lowest BCUT2D eigenvalue weighted by Crippen LogP contribution is -2.20. The zero-order valence-electron chi connectivity index (χ0n) is 8.76. The summed E-state index contributed by atoms with van der Waals surface area (Å²) in [6.45, 7) is 7.04. The first-order chi connectivity index (χ1) is 6.38. The highest BCUT2D eigenvalue weighted by Gasteiger charge is 2.11. The molecule has 0 amide bonds. The molecule has 3 N–H and O–H groups in total. The summed E-state index contributed by atoms with van der Waals surface area (Å²) >= 11 is 0. The Morgan fingerprint density at radius 1 is 1.50 bits per heavy atom. The second kappa shape index (κ2) is 3.82. The maximum Gasteiger partial charge on any atom is 0.149 e. The number of nitrogen functional groups attached to an aromatic ring is 1. The second-order valence-corrected chi connectivity index (χ2v) is 4.51. The first kappa shape index (κ1) is 10.8. The van der Waals surface area contributed by atoms with Gasteiger partial charge in [0.25, 0.3) is 0 Å². The molecule has 0 spiro atoms. The van der Waals surface area contributed by atoms with Gasteiger partial charge >= 0.3 is 0 Å². The minimum atomic E-state index is -0.413. The number of anilines is 2. The fourth-order valence-electron chi connectivity index (χ4n) is 0.952. The van der Waals surface area contributed by atoms with E-state index in [1.165, 1.54) is 6.07 Å². The van der Waals surface area contributed by atoms with Crippen LogP contribution in [0, 0.1) is 11.2 Å². The molecule has 4 heteroatoms. The van der Waals surface area contributed by atoms with E-state index in [1.807, 2.05) is 0 Å². The molecule has 0 aliphatic rings. The number of pyridine rings is 1. The SMILES string of the molecule is CC(C)(C)CNc1ncc(F)cc1N. The van der Waals surface area contributed by atoms with Crippen molar-refractivity contribution in [1.82, 2.24) is 4.98 Å². The van der Waals surface area contributed by atoms with Crippen LogP contribution in [0.1, 0.15) is 20.8 Å². The van der Waals surface area contributed by atoms with E-state index in [9.17, 15) is 4.39 Å². The second-order valence-electron chi connectivity index (χ2n) is 4.51. The Labute approximate surface area is 83.5 Å². The molecular formula is C10H16FN3. The topological polar surface area (TPSA) is 50.9 Å². The van der Waals surface area contributed by atoms with Gasteiger partial charge in [-0.2, -0.15) is 0 Å². The molecule has 0 saturated carbocycles. The standard InChI is InChI=1S/C10H16FN3/c1-10(2,3)6-14-9-8(12)4-7(11)5-13-9/h4-5H,6,12H2,1-3H3,(H,13,14). The lowest BCUT2D eigenvalue weighted by atomic mass is 9.97. The van der Waals surface area contributed by atoms with Gasteiger partial charge in [0.05, 0.1) is 11.9 Å². The summed E-state index contributed by atoms with van der Waals surface area (Å²) < 4.78 is 12.7. The van der Waals surface area contributed by atoms with Gasteiger partial charge in [0.2, 0.25) is 0 Å². The molecule has 0 aliphatic heterocycles. The van der Waals surface area contributed by atoms with Crippen LogP contribution in [-0.4, -0.2) is 11.5 Å². The summed E-state index contributed by atoms with van der Waals surface area (Å²) in [4.78, 5) is 3.87. The zero-order chi connectivity index (χ0) is 10.8. The fraction of sp³-hybridized carbons (Fsp3) is 0.500. The highest BCUT2D eigenvalue weighted by molar-refractivity contribution is 5.60. The zero-order valence-corrected chi connectivity index (χ0v) is 8.76. The first-order valence-electron chi connectivity index (χ1n) is 4.53. The van der Waals surface area contributed by atoms with Crippen LogP contribution >= 0.6 is 0 Å². The number of nitrogens with one attached hydrogen (secondary N) is 1. The van der Waals surface area contributed by atoms with Crippen molar-refractivity contribution in [2.45, 2.75) is 20.8 Å². The lowest BCUT2D eigenvalue weighted by Gasteiger charge is -2.19. The summed E-state index contributed by atoms with van der Waals surface area (Å²) in [5, 5.41) is 3.08. The van der Waals surface area contributed by atoms with Crippen LogP contribution < -0.4 is 11.1 Å². The molecule has 0 aromatic carbocycles. The van der Waals surface area contributed by atoms with Gasteiger partial charge in [0, 0.05) is 12.6 Å². The molecule has 0 bridgehead atoms. The molecule has 0 saturated heterocycles. The van der Waals surface area contributed by atoms with Crippen LogP contribution in [0.2, 0.25) is 0 Å². The number of rotatable bonds is 2. The van der Waals surface area contributed by atoms with E-state index >= 15 is 0 Å². The Morgan fingerprint density at radius 2 is 2.14 bits per heavy atom. The predicted molar refractivity (Wildman–Crippen MR) is 56.6 cm³/mol. The normalized spacial score (nSPS) is 11.4. The van der Waals surface area contributed by atoms with Gasteiger partial charge in [0.15, 0.2) is 0 Å². The average molecular weight is 197 g/mol. The number of hydrogen-bond donors (Lipinski definition) is 2. The third-order valence-corrected chi connectivity index (χ3v) is 1.67. The Morgan fingerprint density at radius 3 is 2.64 bits per heavy atom. The Bertz CT molecular complexity index is 318. The third-order valence-electron chi connectivity index (χ3n) is 1.67. The molecule has 0 unspecified atom stereocenters. The van der Waals surface area contributed by atoms with Gasteiger partial charge in [-0.1, -0.05) is 20.8 Å². The molecule has 14 heavy (non-hydrogen) atoms. The van der Waals surface area contributed by atoms with Gasteiger partial charge in [-0.05, 0) is 5.41 Å². The van der Waals surface area contributed by atoms with E-state index < -0.39 is 5.82 Å². The summed E-state index contributed by atoms with van der Waals surface area (Å²) in [7, 11) is 0. The van der Waals surface area contributed by atoms with Crippen LogP contribution in [-0.2, 0) is 0 Å². The summed E-state index contributed by atoms with van der Waals surface area (Å²) in [6, 6.07) is 1.26. The summed E-state index contributed by atoms with van der Waals surface area (Å²) in [5.74, 6) is 0.130. The van der Waals surface area contributed by atoms with Crippen molar-refractivity contribution in [2.24, 2.45) is 5.41 Å². The molecule has 78 valence electrons. The van der Waals surface area contributed by atoms with E-state index in [0.29, 0.717) is 11.5 Å². The largest absolute Gasteiger partial charge is 0.396 e. The minimum absolute atomic E-state index is 0.141. The molecule has 1 rings (SSSR count). The van der Waals surface area contributed by atoms with Gasteiger partial charge in [0.1, 0.15) is 11.6 Å². The quantitative estimate of drug-likeness (QED) is 0.764. The van der Waals surface area contributed by atoms with Crippen LogP contribution in [0.5, 0.6) is 0 Å². The Balaban J connectivity index is 2.68. The molecular weight excluding hydrogens is 181 g/mol. The summed E-state index contributed by atoms with van der Waals surface area (Å²) in [6.07, 6.45) is 1.15. The maximum absolute atomic E-state index is 12.7. The van der Waals surface area contributed by atoms with Crippen LogP contribution in [0.25, 0.3) is 0 Å². The third kappa shape index (κ3) is 3.20. The van der Waals surface area contributed by atoms with E-state index in [-0.39, 0.29) is 5.41 Å². The highest BCUT2D eigenvalue weighted by atomic mass is 19.1. The first-order valence-corrected chi connectivity index (χ1v) is 4.53. The summed E-state index contributed by atoms with van der Waals surface area (Å²) in [5.41, 5.74) is 6.07. The van der Waals surface area contributed by atoms with Crippen molar-refractivity contribution in [3.05, 3.63) is 18.1 Å². The Kier molecular flexibility index (Phi) is 2.93. The van der Waals surface area contributed by atoms with Crippen molar-refractivity contribution < 1.29 is 4.39 Å². The van der Waals surface area contributed by atoms with Gasteiger partial charge < -0.3 is 11.1 Å². The monoisotopic (exact) mass is 197 g/mol. The molecule has 1 aromatic heterocycles. The van der Waals surface area contributed by atoms with Crippen LogP contribution in [0.3, 0.4) is 0 Å². The number of halogens is 1. The molecule has 0 fully saturated rings. The van der Waals surface area contributed by atoms with Crippen molar-refractivity contribution in [2.75, 3.05) is 17.6 Å². The van der Waals surface area contributed by atoms with Crippen molar-refractivity contribution in [3.63, 3.8) is 0 Å². The molecule has 1 heterocycles. The van der Waals surface area contributed by atoms with Gasteiger partial charge in [-0.25, -0.2) is 9.37 Å². The smallest absolute Gasteiger partial charge is 0.149 e. The van der Waals surface area contributed by atoms with Crippen molar-refractivity contribution >= 4 is 11.5 Å². The van der Waals surface area contributed by atoms with Crippen LogP contribution in [0.15, 0.2) is 12.3 Å². The van der Waals surface area contributed by atoms with E-state index in [0.717, 1.165) is 12.7 Å². The molecule has 0 radical (unpaired) electrons. The predicted octanol–water partition coefficient (Wildman–Crippen LogP) is 2.26. The van der Waals surface area contributed by atoms with Crippen LogP contribution in [0.4, 0.5) is 15.9 Å². The van der Waals surface area contributed by atoms with E-state index in [4.69, 9.17) is 5.73 Å². The molecule has 1 aromatic rings. The highest BCUT2D eigenvalue weighted by Crippen LogP contribution is 2.19. The molecule has 0 atom stereocenters. The lowest BCUT2D eigenvalue weighted by molar-refractivity contribution is 0.442. The minimum Gasteiger partial charge on any atom is -0.396 e. The molecule has 3 nitrogen and oxygen atoms in total. The van der Waals surface area contributed by atoms with Crippen molar-refractivity contribution in [3.8, 4) is 0 Å². The molecule has 0 aliphatic carbocycles. The van der Waals surface area contributed by atoms with Gasteiger partial charge in [-0.3, -0.25) is 0 Å². The van der Waals surface area contributed by atoms with E-state index in [1.54, 1.807) is 0 Å². The Hall–Kier alpha value is -1.32. The number of nitrogens with two attached hydrogens (primary N) is 1. The van der Waals surface area contributed by atoms with Crippen molar-refractivity contribution in [1.29, 1.82) is 0 Å². The number of aromatic nitrogens is 1.